The number of amides is 1. The second-order valence-corrected chi connectivity index (χ2v) is 5.99. The minimum atomic E-state index is -1.99. The summed E-state index contributed by atoms with van der Waals surface area (Å²) >= 11 is 16.3. The molecule has 1 saturated heterocycles. The van der Waals surface area contributed by atoms with Crippen molar-refractivity contribution in [3.05, 3.63) is 12.2 Å². The first-order valence-corrected chi connectivity index (χ1v) is 5.77. The fourth-order valence-corrected chi connectivity index (χ4v) is 2.03. The quantitative estimate of drug-likeness (QED) is 0.449. The summed E-state index contributed by atoms with van der Waals surface area (Å²) in [6.45, 7) is 0. The summed E-state index contributed by atoms with van der Waals surface area (Å²) < 4.78 is 3.02. The van der Waals surface area contributed by atoms with Crippen LogP contribution in [0.1, 0.15) is 6.42 Å². The first-order chi connectivity index (χ1) is 7.38. The average molecular weight is 285 g/mol. The van der Waals surface area contributed by atoms with Crippen molar-refractivity contribution in [2.75, 3.05) is 0 Å². The van der Waals surface area contributed by atoms with E-state index < -0.39 is 9.70 Å². The zero-order valence-corrected chi connectivity index (χ0v) is 10.2. The van der Waals surface area contributed by atoms with Crippen LogP contribution < -0.4 is 5.32 Å². The number of ether oxygens (including phenoxy) is 1. The highest BCUT2D eigenvalue weighted by molar-refractivity contribution is 6.76. The number of alkyl halides is 3. The smallest absolute Gasteiger partial charge is 0.306 e. The van der Waals surface area contributed by atoms with E-state index in [-0.39, 0.29) is 30.5 Å². The fraction of sp³-hybridized carbons (Fsp3) is 0.556. The van der Waals surface area contributed by atoms with Crippen LogP contribution in [0, 0.1) is 5.92 Å². The molecule has 1 aliphatic heterocycles. The Morgan fingerprint density at radius 1 is 1.44 bits per heavy atom. The van der Waals surface area contributed by atoms with E-state index in [4.69, 9.17) is 39.5 Å². The molecular weight excluding hydrogens is 276 g/mol. The molecule has 4 nitrogen and oxygen atoms in total. The van der Waals surface area contributed by atoms with Crippen molar-refractivity contribution in [3.63, 3.8) is 0 Å². The van der Waals surface area contributed by atoms with Gasteiger partial charge in [0.15, 0.2) is 0 Å². The van der Waals surface area contributed by atoms with Gasteiger partial charge >= 0.3 is 5.97 Å². The molecule has 0 aromatic rings. The molecule has 16 heavy (non-hydrogen) atoms. The second-order valence-electron chi connectivity index (χ2n) is 3.70. The Morgan fingerprint density at radius 2 is 2.12 bits per heavy atom. The normalized spacial score (nSPS) is 32.4. The van der Waals surface area contributed by atoms with E-state index >= 15 is 0 Å². The van der Waals surface area contributed by atoms with Crippen LogP contribution in [0.25, 0.3) is 0 Å². The van der Waals surface area contributed by atoms with Crippen LogP contribution in [0.4, 0.5) is 0 Å². The summed E-state index contributed by atoms with van der Waals surface area (Å²) in [4.78, 5) is 22.5. The van der Waals surface area contributed by atoms with Gasteiger partial charge in [-0.05, 0) is 6.08 Å². The minimum absolute atomic E-state index is 0.0937. The lowest BCUT2D eigenvalue weighted by Crippen LogP contribution is -2.44. The molecule has 0 aromatic carbocycles. The molecule has 2 rings (SSSR count). The summed E-state index contributed by atoms with van der Waals surface area (Å²) in [6.07, 6.45) is 3.48. The first kappa shape index (κ1) is 12.0. The third-order valence-corrected chi connectivity index (χ3v) is 3.13. The first-order valence-electron chi connectivity index (χ1n) is 4.63. The lowest BCUT2D eigenvalue weighted by atomic mass is 9.99. The summed E-state index contributed by atoms with van der Waals surface area (Å²) in [5, 5.41) is 2.56. The number of halogens is 3. The van der Waals surface area contributed by atoms with Crippen molar-refractivity contribution in [1.29, 1.82) is 0 Å². The van der Waals surface area contributed by atoms with Gasteiger partial charge in [0.25, 0.3) is 9.70 Å². The van der Waals surface area contributed by atoms with E-state index in [1.807, 2.05) is 0 Å². The Morgan fingerprint density at radius 3 is 2.75 bits per heavy atom. The summed E-state index contributed by atoms with van der Waals surface area (Å²) in [5.74, 6) is -1.07. The van der Waals surface area contributed by atoms with Gasteiger partial charge < -0.3 is 10.1 Å². The zero-order valence-electron chi connectivity index (χ0n) is 7.95. The van der Waals surface area contributed by atoms with Crippen LogP contribution >= 0.6 is 34.8 Å². The predicted molar refractivity (Wildman–Crippen MR) is 59.3 cm³/mol. The van der Waals surface area contributed by atoms with Crippen molar-refractivity contribution in [2.45, 2.75) is 22.4 Å². The molecule has 0 bridgehead atoms. The van der Waals surface area contributed by atoms with Crippen molar-refractivity contribution in [2.24, 2.45) is 5.92 Å². The average Bonchev–Trinajstić information content (AvgIpc) is 2.65. The standard InChI is InChI=1S/C9H8Cl3NO3/c10-9(11,12)8(15)13-5-1-2-6-4(5)3-7(14)16-6/h1-2,4-6H,3H2,(H,13,15)/t4-,5+,6+/m1/s1. The Balaban J connectivity index is 2.00. The zero-order chi connectivity index (χ0) is 11.9. The van der Waals surface area contributed by atoms with Crippen molar-refractivity contribution < 1.29 is 14.3 Å². The largest absolute Gasteiger partial charge is 0.458 e. The fourth-order valence-electron chi connectivity index (χ4n) is 1.87. The Hall–Kier alpha value is -0.450. The van der Waals surface area contributed by atoms with Gasteiger partial charge in [-0.3, -0.25) is 9.59 Å². The summed E-state index contributed by atoms with van der Waals surface area (Å²) in [5.41, 5.74) is 0. The maximum atomic E-state index is 11.4. The number of fused-ring (bicyclic) bond motifs is 1. The third kappa shape index (κ3) is 2.29. The molecule has 1 N–H and O–H groups in total. The van der Waals surface area contributed by atoms with Gasteiger partial charge in [0, 0.05) is 5.92 Å². The Labute approximate surface area is 107 Å². The molecule has 0 unspecified atom stereocenters. The highest BCUT2D eigenvalue weighted by Crippen LogP contribution is 2.33. The number of carbonyl (C=O) groups is 2. The van der Waals surface area contributed by atoms with Gasteiger partial charge in [-0.25, -0.2) is 0 Å². The van der Waals surface area contributed by atoms with E-state index in [2.05, 4.69) is 5.32 Å². The second kappa shape index (κ2) is 4.09. The van der Waals surface area contributed by atoms with E-state index in [0.717, 1.165) is 0 Å². The van der Waals surface area contributed by atoms with Crippen LogP contribution in [-0.2, 0) is 14.3 Å². The van der Waals surface area contributed by atoms with Gasteiger partial charge in [0.05, 0.1) is 12.5 Å². The van der Waals surface area contributed by atoms with E-state index in [1.54, 1.807) is 12.2 Å². The highest BCUT2D eigenvalue weighted by Gasteiger charge is 2.43. The molecule has 0 spiro atoms. The molecule has 1 fully saturated rings. The summed E-state index contributed by atoms with van der Waals surface area (Å²) in [7, 11) is 0. The molecule has 0 aromatic heterocycles. The Bertz CT molecular complexity index is 364. The van der Waals surface area contributed by atoms with Crippen molar-refractivity contribution >= 4 is 46.7 Å². The number of hydrogen-bond acceptors (Lipinski definition) is 3. The van der Waals surface area contributed by atoms with Crippen LogP contribution in [0.15, 0.2) is 12.2 Å². The van der Waals surface area contributed by atoms with Gasteiger partial charge in [-0.1, -0.05) is 40.9 Å². The Kier molecular flexibility index (Phi) is 3.07. The van der Waals surface area contributed by atoms with Crippen LogP contribution in [0.3, 0.4) is 0 Å². The van der Waals surface area contributed by atoms with Crippen LogP contribution in [0.2, 0.25) is 0 Å². The number of carbonyl (C=O) groups excluding carboxylic acids is 2. The molecule has 1 heterocycles. The molecular formula is C9H8Cl3NO3. The minimum Gasteiger partial charge on any atom is -0.458 e. The number of esters is 1. The van der Waals surface area contributed by atoms with Crippen molar-refractivity contribution in [3.8, 4) is 0 Å². The topological polar surface area (TPSA) is 55.4 Å². The SMILES string of the molecule is O=C1C[C@@H]2[C@@H](NC(=O)C(Cl)(Cl)Cl)C=C[C@@H]2O1. The molecule has 2 aliphatic rings. The van der Waals surface area contributed by atoms with Crippen LogP contribution in [-0.4, -0.2) is 27.8 Å². The maximum absolute atomic E-state index is 11.4. The number of hydrogen-bond donors (Lipinski definition) is 1. The van der Waals surface area contributed by atoms with Gasteiger partial charge in [0.2, 0.25) is 0 Å². The van der Waals surface area contributed by atoms with Crippen molar-refractivity contribution in [1.82, 2.24) is 5.32 Å². The van der Waals surface area contributed by atoms with Gasteiger partial charge in [0.1, 0.15) is 6.10 Å². The maximum Gasteiger partial charge on any atom is 0.306 e. The van der Waals surface area contributed by atoms with Gasteiger partial charge in [-0.15, -0.1) is 0 Å². The predicted octanol–water partition coefficient (Wildman–Crippen LogP) is 1.34. The highest BCUT2D eigenvalue weighted by atomic mass is 35.6. The molecule has 0 saturated carbocycles. The molecule has 1 amide bonds. The van der Waals surface area contributed by atoms with E-state index in [0.29, 0.717) is 0 Å². The molecule has 3 atom stereocenters. The summed E-state index contributed by atoms with van der Waals surface area (Å²) in [6, 6.07) is -0.320. The lowest BCUT2D eigenvalue weighted by molar-refractivity contribution is -0.140. The van der Waals surface area contributed by atoms with Gasteiger partial charge in [-0.2, -0.15) is 0 Å². The monoisotopic (exact) mass is 283 g/mol. The molecule has 1 aliphatic carbocycles. The molecule has 7 heteroatoms. The van der Waals surface area contributed by atoms with Crippen LogP contribution in [0.5, 0.6) is 0 Å². The number of rotatable bonds is 1. The lowest BCUT2D eigenvalue weighted by Gasteiger charge is -2.20. The molecule has 88 valence electrons. The van der Waals surface area contributed by atoms with E-state index in [9.17, 15) is 9.59 Å². The van der Waals surface area contributed by atoms with E-state index in [1.165, 1.54) is 0 Å². The third-order valence-electron chi connectivity index (χ3n) is 2.62. The number of nitrogens with one attached hydrogen (secondary N) is 1. The molecule has 0 radical (unpaired) electrons.